The molecule has 3 aliphatic heterocycles. The fraction of sp³-hybridized carbons (Fsp3) is 0.326. The van der Waals surface area contributed by atoms with E-state index in [0.717, 1.165) is 18.2 Å². The molecule has 2 amide bonds. The van der Waals surface area contributed by atoms with Gasteiger partial charge in [-0.2, -0.15) is 0 Å². The van der Waals surface area contributed by atoms with Crippen molar-refractivity contribution in [3.63, 3.8) is 0 Å². The SMILES string of the molecule is CC(=O)C1=CC=C[CH+]C1=O.CO.O=C1CC2(CCN(C(=O)OCc3ccccc3)CC2)Oc2ccccc21.O=C1CCN(C(=O)OCc2ccccc2)CC1. The van der Waals surface area contributed by atoms with Crippen molar-refractivity contribution in [2.75, 3.05) is 33.3 Å². The van der Waals surface area contributed by atoms with Gasteiger partial charge in [0.2, 0.25) is 5.78 Å². The fourth-order valence-electron chi connectivity index (χ4n) is 6.14. The molecule has 0 unspecified atom stereocenters. The van der Waals surface area contributed by atoms with Gasteiger partial charge in [0, 0.05) is 72.0 Å². The zero-order valence-electron chi connectivity index (χ0n) is 31.2. The summed E-state index contributed by atoms with van der Waals surface area (Å²) in [6.45, 7) is 3.95. The summed E-state index contributed by atoms with van der Waals surface area (Å²) in [5.74, 6) is 0.619. The van der Waals surface area contributed by atoms with Crippen LogP contribution in [0, 0.1) is 6.42 Å². The minimum Gasteiger partial charge on any atom is -0.486 e. The standard InChI is InChI=1S/C21H21NO4.C13H15NO3.C8H7O2.CH4O/c23-18-14-21(26-19-9-5-4-8-17(18)19)10-12-22(13-11-21)20(24)25-15-16-6-2-1-3-7-16;15-12-6-8-14(9-7-12)13(16)17-10-11-4-2-1-3-5-11;1-6(9)7-4-2-3-5-8(7)10;1-2/h1-9H,10-15H2;1-5H,6-10H2;2-5H,1H3;2H,1H3/q;;+1;. The molecule has 0 aromatic heterocycles. The van der Waals surface area contributed by atoms with Crippen LogP contribution < -0.4 is 4.74 Å². The number of carbonyl (C=O) groups excluding carboxylic acids is 6. The highest BCUT2D eigenvalue weighted by atomic mass is 16.6. The molecule has 288 valence electrons. The highest BCUT2D eigenvalue weighted by Crippen LogP contribution is 2.39. The zero-order valence-corrected chi connectivity index (χ0v) is 31.2. The van der Waals surface area contributed by atoms with Crippen molar-refractivity contribution < 1.29 is 48.1 Å². The summed E-state index contributed by atoms with van der Waals surface area (Å²) >= 11 is 0. The molecule has 0 bridgehead atoms. The molecule has 0 atom stereocenters. The molecule has 12 nitrogen and oxygen atoms in total. The maximum absolute atomic E-state index is 12.4. The number of Topliss-reactive ketones (excluding diaryl/α,β-unsaturated/α-hetero) is 4. The van der Waals surface area contributed by atoms with E-state index in [4.69, 9.17) is 19.3 Å². The number of para-hydroxylation sites is 1. The van der Waals surface area contributed by atoms with Crippen molar-refractivity contribution >= 4 is 35.3 Å². The third-order valence-corrected chi connectivity index (χ3v) is 9.19. The Hall–Kier alpha value is -6.01. The number of aliphatic hydroxyl groups is 1. The van der Waals surface area contributed by atoms with E-state index in [1.165, 1.54) is 19.4 Å². The average molecular weight is 752 g/mol. The lowest BCUT2D eigenvalue weighted by atomic mass is 9.82. The average Bonchev–Trinajstić information content (AvgIpc) is 3.22. The van der Waals surface area contributed by atoms with Crippen molar-refractivity contribution in [2.24, 2.45) is 0 Å². The number of hydrogen-bond donors (Lipinski definition) is 1. The van der Waals surface area contributed by atoms with Crippen LogP contribution in [-0.2, 0) is 37.1 Å². The largest absolute Gasteiger partial charge is 0.486 e. The summed E-state index contributed by atoms with van der Waals surface area (Å²) in [6.07, 6.45) is 8.10. The van der Waals surface area contributed by atoms with Crippen molar-refractivity contribution in [1.82, 2.24) is 9.80 Å². The highest BCUT2D eigenvalue weighted by Gasteiger charge is 2.43. The number of carbonyl (C=O) groups is 6. The second kappa shape index (κ2) is 21.0. The third-order valence-electron chi connectivity index (χ3n) is 9.19. The Kier molecular flexibility index (Phi) is 16.0. The Bertz CT molecular complexity index is 1840. The molecular formula is C43H47N2O10+. The topological polar surface area (TPSA) is 157 Å². The molecule has 55 heavy (non-hydrogen) atoms. The van der Waals surface area contributed by atoms with Crippen molar-refractivity contribution in [3.05, 3.63) is 132 Å². The van der Waals surface area contributed by atoms with Gasteiger partial charge >= 0.3 is 12.2 Å². The third kappa shape index (κ3) is 12.5. The molecule has 12 heteroatoms. The summed E-state index contributed by atoms with van der Waals surface area (Å²) in [5.41, 5.74) is 2.35. The van der Waals surface area contributed by atoms with Crippen LogP contribution in [0.3, 0.4) is 0 Å². The first-order chi connectivity index (χ1) is 26.6. The Morgan fingerprint density at radius 2 is 1.25 bits per heavy atom. The van der Waals surface area contributed by atoms with Crippen molar-refractivity contribution in [2.45, 2.75) is 57.8 Å². The highest BCUT2D eigenvalue weighted by molar-refractivity contribution is 6.23. The molecule has 3 heterocycles. The second-order valence-electron chi connectivity index (χ2n) is 13.0. The summed E-state index contributed by atoms with van der Waals surface area (Å²) in [4.78, 5) is 72.2. The van der Waals surface area contributed by atoms with Crippen LogP contribution in [0.15, 0.2) is 109 Å². The number of ether oxygens (including phenoxy) is 3. The molecule has 1 N–H and O–H groups in total. The summed E-state index contributed by atoms with van der Waals surface area (Å²) in [5, 5.41) is 7.00. The number of piperidine rings is 2. The number of amides is 2. The van der Waals surface area contributed by atoms with E-state index in [9.17, 15) is 28.8 Å². The molecule has 0 saturated carbocycles. The van der Waals surface area contributed by atoms with Gasteiger partial charge in [0.15, 0.2) is 11.4 Å². The molecule has 7 rings (SSSR count). The van der Waals surface area contributed by atoms with E-state index in [1.54, 1.807) is 28.0 Å². The normalized spacial score (nSPS) is 16.5. The first kappa shape index (κ1) is 41.7. The van der Waals surface area contributed by atoms with Gasteiger partial charge in [-0.05, 0) is 23.3 Å². The number of ketones is 4. The molecule has 3 aromatic carbocycles. The lowest BCUT2D eigenvalue weighted by molar-refractivity contribution is -0.121. The van der Waals surface area contributed by atoms with Crippen LogP contribution in [-0.4, -0.2) is 89.1 Å². The van der Waals surface area contributed by atoms with Gasteiger partial charge in [-0.15, -0.1) is 0 Å². The van der Waals surface area contributed by atoms with Gasteiger partial charge < -0.3 is 29.1 Å². The number of nitrogens with zero attached hydrogens (tertiary/aromatic N) is 2. The van der Waals surface area contributed by atoms with Gasteiger partial charge in [0.25, 0.3) is 5.78 Å². The first-order valence-corrected chi connectivity index (χ1v) is 18.1. The predicted octanol–water partition coefficient (Wildman–Crippen LogP) is 6.26. The molecule has 2 fully saturated rings. The van der Waals surface area contributed by atoms with Gasteiger partial charge in [0.05, 0.1) is 30.6 Å². The fourth-order valence-corrected chi connectivity index (χ4v) is 6.14. The van der Waals surface area contributed by atoms with E-state index in [-0.39, 0.29) is 54.1 Å². The monoisotopic (exact) mass is 751 g/mol. The lowest BCUT2D eigenvalue weighted by Crippen LogP contribution is -2.52. The van der Waals surface area contributed by atoms with E-state index in [1.807, 2.05) is 78.9 Å². The van der Waals surface area contributed by atoms with Gasteiger partial charge in [-0.1, -0.05) is 72.8 Å². The van der Waals surface area contributed by atoms with Crippen LogP contribution in [0.2, 0.25) is 0 Å². The smallest absolute Gasteiger partial charge is 0.410 e. The van der Waals surface area contributed by atoms with E-state index in [0.29, 0.717) is 69.6 Å². The number of fused-ring (bicyclic) bond motifs is 1. The second-order valence-corrected chi connectivity index (χ2v) is 13.0. The number of aliphatic hydroxyl groups excluding tert-OH is 1. The van der Waals surface area contributed by atoms with E-state index in [2.05, 4.69) is 0 Å². The molecule has 0 radical (unpaired) electrons. The first-order valence-electron chi connectivity index (χ1n) is 18.1. The number of hydrogen-bond acceptors (Lipinski definition) is 10. The van der Waals surface area contributed by atoms with Crippen molar-refractivity contribution in [3.8, 4) is 5.75 Å². The van der Waals surface area contributed by atoms with Crippen molar-refractivity contribution in [1.29, 1.82) is 0 Å². The number of allylic oxidation sites excluding steroid dienone is 4. The maximum Gasteiger partial charge on any atom is 0.410 e. The quantitative estimate of drug-likeness (QED) is 0.233. The molecule has 3 aromatic rings. The zero-order chi connectivity index (χ0) is 39.6. The summed E-state index contributed by atoms with van der Waals surface area (Å²) in [6, 6.07) is 26.5. The minimum absolute atomic E-state index is 0.118. The Morgan fingerprint density at radius 3 is 1.76 bits per heavy atom. The van der Waals surface area contributed by atoms with Crippen LogP contribution in [0.5, 0.6) is 5.75 Å². The van der Waals surface area contributed by atoms with Gasteiger partial charge in [0.1, 0.15) is 30.3 Å². The Balaban J connectivity index is 0.000000199. The van der Waals surface area contributed by atoms with Crippen LogP contribution in [0.25, 0.3) is 0 Å². The maximum atomic E-state index is 12.4. The van der Waals surface area contributed by atoms with E-state index < -0.39 is 5.60 Å². The predicted molar refractivity (Wildman–Crippen MR) is 204 cm³/mol. The minimum atomic E-state index is -0.498. The van der Waals surface area contributed by atoms with Crippen LogP contribution in [0.4, 0.5) is 9.59 Å². The number of benzene rings is 3. The van der Waals surface area contributed by atoms with Crippen LogP contribution >= 0.6 is 0 Å². The Morgan fingerprint density at radius 1 is 0.745 bits per heavy atom. The number of likely N-dealkylation sites (tertiary alicyclic amines) is 2. The van der Waals surface area contributed by atoms with E-state index >= 15 is 0 Å². The number of rotatable bonds is 5. The Labute approximate surface area is 321 Å². The summed E-state index contributed by atoms with van der Waals surface area (Å²) in [7, 11) is 1.00. The lowest BCUT2D eigenvalue weighted by Gasteiger charge is -2.43. The molecule has 2 saturated heterocycles. The molecule has 1 spiro atoms. The van der Waals surface area contributed by atoms with Gasteiger partial charge in [-0.25, -0.2) is 9.59 Å². The molecule has 1 aliphatic carbocycles. The van der Waals surface area contributed by atoms with Gasteiger partial charge in [-0.3, -0.25) is 19.2 Å². The van der Waals surface area contributed by atoms with Crippen LogP contribution in [0.1, 0.15) is 60.5 Å². The summed E-state index contributed by atoms with van der Waals surface area (Å²) < 4.78 is 16.8. The molecular weight excluding hydrogens is 704 g/mol. The molecule has 4 aliphatic rings.